The summed E-state index contributed by atoms with van der Waals surface area (Å²) in [6.07, 6.45) is -4.59. The van der Waals surface area contributed by atoms with Crippen LogP contribution in [0.25, 0.3) is 0 Å². The van der Waals surface area contributed by atoms with E-state index in [1.54, 1.807) is 0 Å². The molecule has 12 heteroatoms. The summed E-state index contributed by atoms with van der Waals surface area (Å²) in [7, 11) is -1.84. The molecule has 0 N–H and O–H groups in total. The summed E-state index contributed by atoms with van der Waals surface area (Å²) in [5.41, 5.74) is -1.39. The number of nitro benzene ring substituents is 1. The number of rotatable bonds is 6. The first kappa shape index (κ1) is 21.2. The molecule has 0 aliphatic rings. The minimum Gasteiger partial charge on any atom is -0.455 e. The maximum atomic E-state index is 12.7. The van der Waals surface area contributed by atoms with Crippen LogP contribution in [0, 0.1) is 10.1 Å². The molecule has 2 rings (SSSR count). The molecule has 0 heterocycles. The lowest BCUT2D eigenvalue weighted by atomic mass is 10.2. The van der Waals surface area contributed by atoms with E-state index in [9.17, 15) is 27.9 Å². The van der Waals surface area contributed by atoms with Gasteiger partial charge in [0.25, 0.3) is 5.69 Å². The molecule has 7 nitrogen and oxygen atoms in total. The molecule has 0 spiro atoms. The lowest BCUT2D eigenvalue weighted by Crippen LogP contribution is -2.12. The number of ether oxygens (including phenoxy) is 1. The Balaban J connectivity index is 2.53. The molecule has 0 aliphatic heterocycles. The second-order valence-corrected chi connectivity index (χ2v) is 7.63. The third kappa shape index (κ3) is 4.59. The molecule has 0 unspecified atom stereocenters. The highest BCUT2D eigenvalue weighted by Crippen LogP contribution is 2.49. The predicted octanol–water partition coefficient (Wildman–Crippen LogP) is 5.17. The number of benzene rings is 2. The largest absolute Gasteiger partial charge is 0.455 e. The summed E-state index contributed by atoms with van der Waals surface area (Å²) in [6.45, 7) is 0. The first-order valence-electron chi connectivity index (χ1n) is 7.07. The van der Waals surface area contributed by atoms with Crippen LogP contribution >= 0.6 is 19.2 Å². The van der Waals surface area contributed by atoms with E-state index in [0.717, 1.165) is 44.6 Å². The Morgan fingerprint density at radius 1 is 1.07 bits per heavy atom. The molecular formula is C15H12ClF3NO6P. The molecule has 2 aromatic carbocycles. The molecule has 2 aromatic rings. The maximum absolute atomic E-state index is 12.7. The van der Waals surface area contributed by atoms with Gasteiger partial charge in [-0.05, 0) is 24.3 Å². The average molecular weight is 426 g/mol. The topological polar surface area (TPSA) is 87.9 Å². The first-order valence-corrected chi connectivity index (χ1v) is 8.99. The van der Waals surface area contributed by atoms with Crippen molar-refractivity contribution in [2.24, 2.45) is 0 Å². The van der Waals surface area contributed by atoms with E-state index in [1.165, 1.54) is 0 Å². The van der Waals surface area contributed by atoms with Crippen molar-refractivity contribution in [3.8, 4) is 11.5 Å². The smallest absolute Gasteiger partial charge is 0.416 e. The number of halogens is 4. The van der Waals surface area contributed by atoms with Crippen molar-refractivity contribution in [1.82, 2.24) is 0 Å². The zero-order chi connectivity index (χ0) is 20.4. The van der Waals surface area contributed by atoms with Crippen LogP contribution in [0.15, 0.2) is 36.4 Å². The number of nitro groups is 1. The van der Waals surface area contributed by atoms with Crippen molar-refractivity contribution in [2.75, 3.05) is 14.2 Å². The Hall–Kier alpha value is -2.13. The van der Waals surface area contributed by atoms with Gasteiger partial charge in [-0.1, -0.05) is 11.6 Å². The number of hydrogen-bond donors (Lipinski definition) is 0. The fourth-order valence-corrected chi connectivity index (χ4v) is 3.51. The van der Waals surface area contributed by atoms with Crippen molar-refractivity contribution in [3.05, 3.63) is 57.1 Å². The SMILES string of the molecule is COP(=O)(OC)c1cc([N+](=O)[O-])ccc1Oc1ccc(C(F)(F)F)cc1Cl. The van der Waals surface area contributed by atoms with E-state index in [2.05, 4.69) is 0 Å². The van der Waals surface area contributed by atoms with Gasteiger partial charge < -0.3 is 13.8 Å². The van der Waals surface area contributed by atoms with Crippen molar-refractivity contribution < 1.29 is 36.4 Å². The van der Waals surface area contributed by atoms with Gasteiger partial charge in [0.1, 0.15) is 16.8 Å². The highest BCUT2D eigenvalue weighted by molar-refractivity contribution is 7.62. The van der Waals surface area contributed by atoms with Gasteiger partial charge >= 0.3 is 13.8 Å². The summed E-state index contributed by atoms with van der Waals surface area (Å²) in [5, 5.41) is 10.3. The molecule has 0 fully saturated rings. The quantitative estimate of drug-likeness (QED) is 0.360. The van der Waals surface area contributed by atoms with E-state index in [4.69, 9.17) is 25.4 Å². The number of hydrogen-bond acceptors (Lipinski definition) is 6. The van der Waals surface area contributed by atoms with Crippen LogP contribution in [0.2, 0.25) is 5.02 Å². The lowest BCUT2D eigenvalue weighted by molar-refractivity contribution is -0.384. The number of nitrogens with zero attached hydrogens (tertiary/aromatic N) is 1. The molecule has 0 saturated heterocycles. The van der Waals surface area contributed by atoms with Gasteiger partial charge in [0.2, 0.25) is 0 Å². The zero-order valence-electron chi connectivity index (χ0n) is 13.8. The van der Waals surface area contributed by atoms with Crippen molar-refractivity contribution in [2.45, 2.75) is 6.18 Å². The molecule has 0 radical (unpaired) electrons. The van der Waals surface area contributed by atoms with E-state index in [-0.39, 0.29) is 21.8 Å². The van der Waals surface area contributed by atoms with Crippen LogP contribution in [0.5, 0.6) is 11.5 Å². The minimum absolute atomic E-state index is 0.182. The Morgan fingerprint density at radius 2 is 1.67 bits per heavy atom. The van der Waals surface area contributed by atoms with E-state index >= 15 is 0 Å². The van der Waals surface area contributed by atoms with Crippen molar-refractivity contribution >= 4 is 30.2 Å². The fourth-order valence-electron chi connectivity index (χ4n) is 2.07. The molecule has 0 bridgehead atoms. The lowest BCUT2D eigenvalue weighted by Gasteiger charge is -2.18. The fraction of sp³-hybridized carbons (Fsp3) is 0.200. The third-order valence-corrected chi connectivity index (χ3v) is 5.60. The summed E-state index contributed by atoms with van der Waals surface area (Å²) < 4.78 is 66.0. The van der Waals surface area contributed by atoms with Crippen LogP contribution < -0.4 is 10.0 Å². The van der Waals surface area contributed by atoms with Gasteiger partial charge in [0, 0.05) is 26.4 Å². The van der Waals surface area contributed by atoms with E-state index in [0.29, 0.717) is 6.07 Å². The summed E-state index contributed by atoms with van der Waals surface area (Å²) in [4.78, 5) is 10.2. The Morgan fingerprint density at radius 3 is 2.15 bits per heavy atom. The van der Waals surface area contributed by atoms with Gasteiger partial charge in [-0.3, -0.25) is 14.7 Å². The van der Waals surface area contributed by atoms with Crippen LogP contribution in [0.1, 0.15) is 5.56 Å². The van der Waals surface area contributed by atoms with Crippen LogP contribution in [-0.4, -0.2) is 19.1 Å². The highest BCUT2D eigenvalue weighted by Gasteiger charge is 2.33. The van der Waals surface area contributed by atoms with Crippen LogP contribution in [0.4, 0.5) is 18.9 Å². The summed E-state index contributed by atoms with van der Waals surface area (Å²) >= 11 is 5.84. The molecule has 0 amide bonds. The predicted molar refractivity (Wildman–Crippen MR) is 90.9 cm³/mol. The second-order valence-electron chi connectivity index (χ2n) is 5.02. The average Bonchev–Trinajstić information content (AvgIpc) is 2.61. The van der Waals surface area contributed by atoms with Gasteiger partial charge in [-0.15, -0.1) is 0 Å². The molecule has 0 aliphatic carbocycles. The van der Waals surface area contributed by atoms with E-state index < -0.39 is 29.9 Å². The normalized spacial score (nSPS) is 12.1. The number of non-ortho nitro benzene ring substituents is 1. The highest BCUT2D eigenvalue weighted by atomic mass is 35.5. The van der Waals surface area contributed by atoms with Crippen molar-refractivity contribution in [1.29, 1.82) is 0 Å². The second kappa shape index (κ2) is 7.85. The third-order valence-electron chi connectivity index (χ3n) is 3.41. The Kier molecular flexibility index (Phi) is 6.16. The summed E-state index contributed by atoms with van der Waals surface area (Å²) in [5.74, 6) is -0.368. The van der Waals surface area contributed by atoms with Gasteiger partial charge in [0.15, 0.2) is 0 Å². The molecule has 146 valence electrons. The first-order chi connectivity index (χ1) is 12.5. The monoisotopic (exact) mass is 425 g/mol. The molecule has 0 aromatic heterocycles. The Bertz CT molecular complexity index is 913. The molecule has 0 atom stereocenters. The zero-order valence-corrected chi connectivity index (χ0v) is 15.5. The molecule has 27 heavy (non-hydrogen) atoms. The minimum atomic E-state index is -4.59. The van der Waals surface area contributed by atoms with Crippen LogP contribution in [0.3, 0.4) is 0 Å². The standard InChI is InChI=1S/C15H12ClF3NO6P/c1-24-27(23,25-2)14-8-10(20(21)22)4-6-13(14)26-12-5-3-9(7-11(12)16)15(17,18)19/h3-8H,1-2H3. The number of alkyl halides is 3. The van der Waals surface area contributed by atoms with Crippen molar-refractivity contribution in [3.63, 3.8) is 0 Å². The van der Waals surface area contributed by atoms with Gasteiger partial charge in [-0.2, -0.15) is 13.2 Å². The Labute approximate surface area is 156 Å². The molecular weight excluding hydrogens is 414 g/mol. The van der Waals surface area contributed by atoms with Gasteiger partial charge in [-0.25, -0.2) is 0 Å². The van der Waals surface area contributed by atoms with E-state index in [1.807, 2.05) is 0 Å². The van der Waals surface area contributed by atoms with Gasteiger partial charge in [0.05, 0.1) is 15.5 Å². The molecule has 0 saturated carbocycles. The van der Waals surface area contributed by atoms with Crippen LogP contribution in [-0.2, 0) is 19.8 Å². The maximum Gasteiger partial charge on any atom is 0.416 e. The summed E-state index contributed by atoms with van der Waals surface area (Å²) in [6, 6.07) is 5.49.